The number of piperidine rings is 1. The predicted molar refractivity (Wildman–Crippen MR) is 87.7 cm³/mol. The van der Waals surface area contributed by atoms with Gasteiger partial charge in [-0.15, -0.1) is 23.7 Å². The van der Waals surface area contributed by atoms with Crippen molar-refractivity contribution in [2.24, 2.45) is 5.92 Å². The molecule has 0 radical (unpaired) electrons. The highest BCUT2D eigenvalue weighted by molar-refractivity contribution is 7.09. The fourth-order valence-corrected chi connectivity index (χ4v) is 3.45. The van der Waals surface area contributed by atoms with Crippen LogP contribution in [0.15, 0.2) is 17.5 Å². The number of hydrogen-bond donors (Lipinski definition) is 1. The summed E-state index contributed by atoms with van der Waals surface area (Å²) in [7, 11) is 2.00. The van der Waals surface area contributed by atoms with E-state index >= 15 is 0 Å². The van der Waals surface area contributed by atoms with E-state index in [9.17, 15) is 4.79 Å². The summed E-state index contributed by atoms with van der Waals surface area (Å²) in [5, 5.41) is 5.33. The van der Waals surface area contributed by atoms with Crippen LogP contribution in [0, 0.1) is 5.92 Å². The van der Waals surface area contributed by atoms with Gasteiger partial charge in [0.2, 0.25) is 5.91 Å². The Morgan fingerprint density at radius 2 is 2.20 bits per heavy atom. The zero-order valence-corrected chi connectivity index (χ0v) is 13.8. The third kappa shape index (κ3) is 5.43. The van der Waals surface area contributed by atoms with E-state index in [0.717, 1.165) is 51.2 Å². The van der Waals surface area contributed by atoms with Crippen molar-refractivity contribution in [3.8, 4) is 0 Å². The van der Waals surface area contributed by atoms with Crippen molar-refractivity contribution in [2.45, 2.75) is 32.1 Å². The van der Waals surface area contributed by atoms with Crippen LogP contribution in [0.5, 0.6) is 0 Å². The van der Waals surface area contributed by atoms with E-state index in [-0.39, 0.29) is 12.4 Å². The minimum Gasteiger partial charge on any atom is -0.343 e. The standard InChI is InChI=1S/C15H24N2OS.ClH/c1-16-12-13-7-9-17(10-8-13)15(18)6-2-4-14-5-3-11-19-14;/h3,5,11,13,16H,2,4,6-10,12H2,1H3;1H. The Kier molecular flexibility index (Phi) is 8.19. The van der Waals surface area contributed by atoms with Gasteiger partial charge < -0.3 is 10.2 Å². The first-order chi connectivity index (χ1) is 9.29. The van der Waals surface area contributed by atoms with Crippen LogP contribution in [0.2, 0.25) is 0 Å². The number of carbonyl (C=O) groups excluding carboxylic acids is 1. The molecule has 2 rings (SSSR count). The van der Waals surface area contributed by atoms with Crippen LogP contribution in [0.4, 0.5) is 0 Å². The van der Waals surface area contributed by atoms with E-state index in [2.05, 4.69) is 27.7 Å². The maximum absolute atomic E-state index is 12.1. The van der Waals surface area contributed by atoms with Gasteiger partial charge in [-0.25, -0.2) is 0 Å². The summed E-state index contributed by atoms with van der Waals surface area (Å²) < 4.78 is 0. The highest BCUT2D eigenvalue weighted by atomic mass is 35.5. The van der Waals surface area contributed by atoms with Crippen molar-refractivity contribution in [3.05, 3.63) is 22.4 Å². The van der Waals surface area contributed by atoms with Crippen LogP contribution < -0.4 is 5.32 Å². The minimum absolute atomic E-state index is 0. The molecule has 1 aliphatic rings. The quantitative estimate of drug-likeness (QED) is 0.875. The van der Waals surface area contributed by atoms with E-state index in [1.165, 1.54) is 4.88 Å². The molecule has 0 atom stereocenters. The van der Waals surface area contributed by atoms with Crippen LogP contribution in [0.3, 0.4) is 0 Å². The highest BCUT2D eigenvalue weighted by Gasteiger charge is 2.21. The number of thiophene rings is 1. The predicted octanol–water partition coefficient (Wildman–Crippen LogP) is 2.95. The fourth-order valence-electron chi connectivity index (χ4n) is 2.70. The van der Waals surface area contributed by atoms with E-state index in [4.69, 9.17) is 0 Å². The first kappa shape index (κ1) is 17.5. The van der Waals surface area contributed by atoms with Crippen LogP contribution >= 0.6 is 23.7 Å². The summed E-state index contributed by atoms with van der Waals surface area (Å²) in [6.45, 7) is 2.98. The molecule has 2 heterocycles. The van der Waals surface area contributed by atoms with E-state index in [1.54, 1.807) is 11.3 Å². The van der Waals surface area contributed by atoms with E-state index < -0.39 is 0 Å². The van der Waals surface area contributed by atoms with Crippen molar-refractivity contribution in [3.63, 3.8) is 0 Å². The number of rotatable bonds is 6. The molecule has 1 amide bonds. The van der Waals surface area contributed by atoms with Gasteiger partial charge in [-0.3, -0.25) is 4.79 Å². The molecular weight excluding hydrogens is 292 g/mol. The third-order valence-corrected chi connectivity index (χ3v) is 4.79. The van der Waals surface area contributed by atoms with Crippen LogP contribution in [-0.4, -0.2) is 37.5 Å². The van der Waals surface area contributed by atoms with Gasteiger partial charge in [-0.05, 0) is 56.6 Å². The summed E-state index contributed by atoms with van der Waals surface area (Å²) in [5.74, 6) is 1.10. The first-order valence-corrected chi connectivity index (χ1v) is 8.12. The van der Waals surface area contributed by atoms with E-state index in [1.807, 2.05) is 7.05 Å². The number of aryl methyl sites for hydroxylation is 1. The Morgan fingerprint density at radius 1 is 1.45 bits per heavy atom. The molecule has 1 N–H and O–H groups in total. The molecule has 0 unspecified atom stereocenters. The lowest BCUT2D eigenvalue weighted by Crippen LogP contribution is -2.40. The van der Waals surface area contributed by atoms with Gasteiger partial charge in [0.25, 0.3) is 0 Å². The fraction of sp³-hybridized carbons (Fsp3) is 0.667. The maximum atomic E-state index is 12.1. The third-order valence-electron chi connectivity index (χ3n) is 3.85. The Labute approximate surface area is 132 Å². The largest absolute Gasteiger partial charge is 0.343 e. The molecule has 0 saturated carbocycles. The smallest absolute Gasteiger partial charge is 0.222 e. The summed E-state index contributed by atoms with van der Waals surface area (Å²) in [6, 6.07) is 4.23. The van der Waals surface area contributed by atoms with E-state index in [0.29, 0.717) is 12.3 Å². The monoisotopic (exact) mass is 316 g/mol. The average molecular weight is 317 g/mol. The van der Waals surface area contributed by atoms with Gasteiger partial charge >= 0.3 is 0 Å². The Morgan fingerprint density at radius 3 is 2.80 bits per heavy atom. The zero-order valence-electron chi connectivity index (χ0n) is 12.1. The van der Waals surface area contributed by atoms with Crippen LogP contribution in [0.1, 0.15) is 30.6 Å². The summed E-state index contributed by atoms with van der Waals surface area (Å²) in [5.41, 5.74) is 0. The molecule has 1 saturated heterocycles. The minimum atomic E-state index is 0. The SMILES string of the molecule is CNCC1CCN(C(=O)CCCc2cccs2)CC1.Cl. The molecule has 0 spiro atoms. The lowest BCUT2D eigenvalue weighted by atomic mass is 9.96. The topological polar surface area (TPSA) is 32.3 Å². The Bertz CT molecular complexity index is 375. The lowest BCUT2D eigenvalue weighted by molar-refractivity contribution is -0.132. The molecule has 1 aromatic rings. The molecule has 3 nitrogen and oxygen atoms in total. The van der Waals surface area contributed by atoms with Crippen molar-refractivity contribution in [1.29, 1.82) is 0 Å². The normalized spacial score (nSPS) is 15.9. The van der Waals surface area contributed by atoms with Gasteiger partial charge in [0, 0.05) is 24.4 Å². The summed E-state index contributed by atoms with van der Waals surface area (Å²) >= 11 is 1.78. The molecule has 0 aromatic carbocycles. The number of nitrogens with one attached hydrogen (secondary N) is 1. The molecule has 0 aliphatic carbocycles. The van der Waals surface area contributed by atoms with Gasteiger partial charge in [0.05, 0.1) is 0 Å². The summed E-state index contributed by atoms with van der Waals surface area (Å²) in [6.07, 6.45) is 5.03. The number of halogens is 1. The number of amides is 1. The van der Waals surface area contributed by atoms with Gasteiger partial charge in [0.1, 0.15) is 0 Å². The maximum Gasteiger partial charge on any atom is 0.222 e. The van der Waals surface area contributed by atoms with Gasteiger partial charge in [-0.2, -0.15) is 0 Å². The van der Waals surface area contributed by atoms with Crippen molar-refractivity contribution < 1.29 is 4.79 Å². The van der Waals surface area contributed by atoms with Gasteiger partial charge in [0.15, 0.2) is 0 Å². The second-order valence-corrected chi connectivity index (χ2v) is 6.35. The molecule has 5 heteroatoms. The second-order valence-electron chi connectivity index (χ2n) is 5.31. The molecule has 114 valence electrons. The molecule has 0 bridgehead atoms. The Hall–Kier alpha value is -0.580. The van der Waals surface area contributed by atoms with Crippen molar-refractivity contribution >= 4 is 29.7 Å². The highest BCUT2D eigenvalue weighted by Crippen LogP contribution is 2.18. The number of carbonyl (C=O) groups is 1. The van der Waals surface area contributed by atoms with Gasteiger partial charge in [-0.1, -0.05) is 6.07 Å². The van der Waals surface area contributed by atoms with Crippen molar-refractivity contribution in [2.75, 3.05) is 26.7 Å². The van der Waals surface area contributed by atoms with Crippen LogP contribution in [0.25, 0.3) is 0 Å². The second kappa shape index (κ2) is 9.37. The zero-order chi connectivity index (χ0) is 13.5. The summed E-state index contributed by atoms with van der Waals surface area (Å²) in [4.78, 5) is 15.6. The lowest BCUT2D eigenvalue weighted by Gasteiger charge is -2.32. The average Bonchev–Trinajstić information content (AvgIpc) is 2.93. The number of likely N-dealkylation sites (tertiary alicyclic amines) is 1. The number of nitrogens with zero attached hydrogens (tertiary/aromatic N) is 1. The van der Waals surface area contributed by atoms with Crippen LogP contribution in [-0.2, 0) is 11.2 Å². The molecule has 1 aromatic heterocycles. The Balaban J connectivity index is 0.00000200. The van der Waals surface area contributed by atoms with Crippen molar-refractivity contribution in [1.82, 2.24) is 10.2 Å². The molecule has 1 fully saturated rings. The molecule has 20 heavy (non-hydrogen) atoms. The molecular formula is C15H25ClN2OS. The number of hydrogen-bond acceptors (Lipinski definition) is 3. The molecule has 1 aliphatic heterocycles. The first-order valence-electron chi connectivity index (χ1n) is 7.24.